The van der Waals surface area contributed by atoms with E-state index in [0.717, 1.165) is 0 Å². The Hall–Kier alpha value is -0.680. The molecule has 0 saturated carbocycles. The maximum Gasteiger partial charge on any atom is 0.188 e. The minimum Gasteiger partial charge on any atom is -0.341 e. The fourth-order valence-electron chi connectivity index (χ4n) is 0.397. The van der Waals surface area contributed by atoms with Crippen molar-refractivity contribution < 1.29 is 0 Å². The molecule has 1 heterocycles. The molecule has 1 atom stereocenters. The molecule has 0 aromatic rings. The lowest BCUT2D eigenvalue weighted by Gasteiger charge is -2.14. The van der Waals surface area contributed by atoms with Gasteiger partial charge in [-0.3, -0.25) is 5.43 Å². The second-order valence-electron chi connectivity index (χ2n) is 1.39. The monoisotopic (exact) mass is 130 g/mol. The normalized spacial score (nSPS) is 26.6. The van der Waals surface area contributed by atoms with Crippen molar-refractivity contribution in [2.75, 3.05) is 0 Å². The van der Waals surface area contributed by atoms with E-state index >= 15 is 0 Å². The molecule has 0 aliphatic carbocycles. The van der Waals surface area contributed by atoms with Crippen LogP contribution in [-0.4, -0.2) is 17.5 Å². The molecule has 8 heavy (non-hydrogen) atoms. The van der Waals surface area contributed by atoms with Crippen LogP contribution in [0.2, 0.25) is 0 Å². The quantitative estimate of drug-likeness (QED) is 0.358. The summed E-state index contributed by atoms with van der Waals surface area (Å²) in [7, 11) is 0. The number of nitrogens with two attached hydrogens (primary N) is 1. The summed E-state index contributed by atoms with van der Waals surface area (Å²) in [4.78, 5) is 0. The van der Waals surface area contributed by atoms with Gasteiger partial charge in [-0.05, 0) is 12.2 Å². The molecule has 0 fully saturated rings. The molecule has 4 nitrogen and oxygen atoms in total. The van der Waals surface area contributed by atoms with Crippen LogP contribution >= 0.6 is 12.2 Å². The van der Waals surface area contributed by atoms with Gasteiger partial charge in [-0.15, -0.1) is 0 Å². The lowest BCUT2D eigenvalue weighted by Crippen LogP contribution is -2.50. The van der Waals surface area contributed by atoms with E-state index in [1.807, 2.05) is 0 Å². The smallest absolute Gasteiger partial charge is 0.188 e. The maximum atomic E-state index is 5.34. The molecule has 44 valence electrons. The topological polar surface area (TPSA) is 62.4 Å². The Balaban J connectivity index is 2.54. The minimum atomic E-state index is -0.233. The molecule has 0 bridgehead atoms. The van der Waals surface area contributed by atoms with Crippen LogP contribution in [0.3, 0.4) is 0 Å². The first-order valence-corrected chi connectivity index (χ1v) is 2.55. The van der Waals surface area contributed by atoms with Crippen LogP contribution in [0.25, 0.3) is 0 Å². The lowest BCUT2D eigenvalue weighted by molar-refractivity contribution is 0.760. The van der Waals surface area contributed by atoms with E-state index in [2.05, 4.69) is 28.1 Å². The van der Waals surface area contributed by atoms with Crippen molar-refractivity contribution in [1.29, 1.82) is 0 Å². The van der Waals surface area contributed by atoms with Crippen molar-refractivity contribution in [2.24, 2.45) is 10.8 Å². The zero-order valence-electron chi connectivity index (χ0n) is 4.09. The van der Waals surface area contributed by atoms with E-state index < -0.39 is 0 Å². The van der Waals surface area contributed by atoms with Crippen LogP contribution < -0.4 is 16.5 Å². The third-order valence-corrected chi connectivity index (χ3v) is 0.908. The predicted octanol–water partition coefficient (Wildman–Crippen LogP) is -1.27. The highest BCUT2D eigenvalue weighted by Gasteiger charge is 2.03. The number of hydrogen-bond donors (Lipinski definition) is 3. The highest BCUT2D eigenvalue weighted by molar-refractivity contribution is 7.80. The van der Waals surface area contributed by atoms with Gasteiger partial charge in [0.05, 0.1) is 6.21 Å². The first kappa shape index (κ1) is 5.46. The molecular weight excluding hydrogens is 124 g/mol. The molecule has 1 aliphatic rings. The second kappa shape index (κ2) is 2.06. The summed E-state index contributed by atoms with van der Waals surface area (Å²) >= 11 is 4.67. The zero-order chi connectivity index (χ0) is 5.98. The van der Waals surface area contributed by atoms with Crippen molar-refractivity contribution in [1.82, 2.24) is 10.7 Å². The third kappa shape index (κ3) is 1.14. The first-order chi connectivity index (χ1) is 3.79. The van der Waals surface area contributed by atoms with Gasteiger partial charge in [-0.2, -0.15) is 5.10 Å². The summed E-state index contributed by atoms with van der Waals surface area (Å²) in [6.45, 7) is 0. The van der Waals surface area contributed by atoms with Gasteiger partial charge in [0, 0.05) is 0 Å². The highest BCUT2D eigenvalue weighted by Crippen LogP contribution is 1.75. The molecule has 0 saturated heterocycles. The van der Waals surface area contributed by atoms with Crippen LogP contribution in [0.15, 0.2) is 5.10 Å². The summed E-state index contributed by atoms with van der Waals surface area (Å²) in [6, 6.07) is 0. The Morgan fingerprint density at radius 2 is 2.62 bits per heavy atom. The standard InChI is InChI=1S/C3H6N4S/c4-2-1-5-7-3(8)6-2/h1-2H,4H2,(H2,6,7,8). The Labute approximate surface area is 52.1 Å². The van der Waals surface area contributed by atoms with Gasteiger partial charge in [-0.25, -0.2) is 0 Å². The van der Waals surface area contributed by atoms with Gasteiger partial charge in [0.15, 0.2) is 5.11 Å². The molecule has 0 aromatic heterocycles. The molecule has 1 rings (SSSR count). The van der Waals surface area contributed by atoms with Gasteiger partial charge < -0.3 is 11.1 Å². The first-order valence-electron chi connectivity index (χ1n) is 2.14. The number of nitrogens with one attached hydrogen (secondary N) is 2. The van der Waals surface area contributed by atoms with E-state index in [9.17, 15) is 0 Å². The molecule has 1 aliphatic heterocycles. The predicted molar refractivity (Wildman–Crippen MR) is 35.3 cm³/mol. The molecule has 4 N–H and O–H groups in total. The number of thiocarbonyl (C=S) groups is 1. The molecular formula is C3H6N4S. The fourth-order valence-corrected chi connectivity index (χ4v) is 0.586. The van der Waals surface area contributed by atoms with Gasteiger partial charge in [-0.1, -0.05) is 0 Å². The van der Waals surface area contributed by atoms with Gasteiger partial charge in [0.2, 0.25) is 0 Å². The van der Waals surface area contributed by atoms with Crippen molar-refractivity contribution >= 4 is 23.5 Å². The Bertz CT molecular complexity index is 131. The Morgan fingerprint density at radius 1 is 1.88 bits per heavy atom. The summed E-state index contributed by atoms with van der Waals surface area (Å²) < 4.78 is 0. The number of hydrazone groups is 1. The lowest BCUT2D eigenvalue weighted by atomic mass is 10.5. The van der Waals surface area contributed by atoms with Crippen LogP contribution in [0.4, 0.5) is 0 Å². The minimum absolute atomic E-state index is 0.233. The fraction of sp³-hybridized carbons (Fsp3) is 0.333. The van der Waals surface area contributed by atoms with Crippen molar-refractivity contribution in [3.05, 3.63) is 0 Å². The van der Waals surface area contributed by atoms with Crippen LogP contribution in [0, 0.1) is 0 Å². The van der Waals surface area contributed by atoms with Crippen molar-refractivity contribution in [3.63, 3.8) is 0 Å². The van der Waals surface area contributed by atoms with E-state index in [0.29, 0.717) is 5.11 Å². The van der Waals surface area contributed by atoms with Gasteiger partial charge in [0.25, 0.3) is 0 Å². The summed E-state index contributed by atoms with van der Waals surface area (Å²) in [6.07, 6.45) is 1.30. The largest absolute Gasteiger partial charge is 0.341 e. The molecule has 1 unspecified atom stereocenters. The van der Waals surface area contributed by atoms with E-state index in [-0.39, 0.29) is 6.17 Å². The Kier molecular flexibility index (Phi) is 1.40. The molecule has 0 amide bonds. The van der Waals surface area contributed by atoms with Gasteiger partial charge in [0.1, 0.15) is 6.17 Å². The average Bonchev–Trinajstić information content (AvgIpc) is 1.64. The molecule has 5 heteroatoms. The second-order valence-corrected chi connectivity index (χ2v) is 1.80. The van der Waals surface area contributed by atoms with Crippen molar-refractivity contribution in [2.45, 2.75) is 6.17 Å². The SMILES string of the molecule is NC1C=NNC(=S)N1. The van der Waals surface area contributed by atoms with E-state index in [4.69, 9.17) is 5.73 Å². The summed E-state index contributed by atoms with van der Waals surface area (Å²) in [5.41, 5.74) is 7.86. The average molecular weight is 130 g/mol. The van der Waals surface area contributed by atoms with E-state index in [1.54, 1.807) is 0 Å². The zero-order valence-corrected chi connectivity index (χ0v) is 4.90. The van der Waals surface area contributed by atoms with E-state index in [1.165, 1.54) is 6.21 Å². The highest BCUT2D eigenvalue weighted by atomic mass is 32.1. The summed E-state index contributed by atoms with van der Waals surface area (Å²) in [5.74, 6) is 0. The van der Waals surface area contributed by atoms with Crippen LogP contribution in [-0.2, 0) is 0 Å². The van der Waals surface area contributed by atoms with Crippen molar-refractivity contribution in [3.8, 4) is 0 Å². The maximum absolute atomic E-state index is 5.34. The molecule has 0 aromatic carbocycles. The van der Waals surface area contributed by atoms with Crippen LogP contribution in [0.5, 0.6) is 0 Å². The molecule has 0 radical (unpaired) electrons. The van der Waals surface area contributed by atoms with Crippen LogP contribution in [0.1, 0.15) is 0 Å². The van der Waals surface area contributed by atoms with Gasteiger partial charge >= 0.3 is 0 Å². The number of rotatable bonds is 0. The molecule has 0 spiro atoms. The summed E-state index contributed by atoms with van der Waals surface area (Å²) in [5, 5.41) is 6.84. The third-order valence-electron chi connectivity index (χ3n) is 0.699. The Morgan fingerprint density at radius 3 is 3.00 bits per heavy atom. The number of nitrogens with zero attached hydrogens (tertiary/aromatic N) is 1. The number of hydrogen-bond acceptors (Lipinski definition) is 3.